The summed E-state index contributed by atoms with van der Waals surface area (Å²) in [6, 6.07) is 3.91. The van der Waals surface area contributed by atoms with Gasteiger partial charge < -0.3 is 14.9 Å². The highest BCUT2D eigenvalue weighted by molar-refractivity contribution is 8.01. The number of carboxylic acids is 2. The van der Waals surface area contributed by atoms with Gasteiger partial charge in [0.1, 0.15) is 11.9 Å². The second-order valence-electron chi connectivity index (χ2n) is 7.74. The average Bonchev–Trinajstić information content (AvgIpc) is 3.35. The quantitative estimate of drug-likeness (QED) is 0.529. The van der Waals surface area contributed by atoms with Crippen LogP contribution in [-0.4, -0.2) is 79.1 Å². The summed E-state index contributed by atoms with van der Waals surface area (Å²) in [6.45, 7) is 5.49. The van der Waals surface area contributed by atoms with Crippen LogP contribution < -0.4 is 4.74 Å². The summed E-state index contributed by atoms with van der Waals surface area (Å²) in [4.78, 5) is 30.2. The predicted octanol–water partition coefficient (Wildman–Crippen LogP) is 4.25. The lowest BCUT2D eigenvalue weighted by molar-refractivity contribution is -0.193. The maximum Gasteiger partial charge on any atom is 0.490 e. The highest BCUT2D eigenvalue weighted by Crippen LogP contribution is 2.46. The van der Waals surface area contributed by atoms with Crippen molar-refractivity contribution < 1.29 is 50.9 Å². The van der Waals surface area contributed by atoms with Crippen LogP contribution in [0.25, 0.3) is 0 Å². The molecule has 4 rings (SSSR count). The molecule has 0 radical (unpaired) electrons. The first-order valence-corrected chi connectivity index (χ1v) is 11.9. The number of aliphatic carboxylic acids is 2. The van der Waals surface area contributed by atoms with Crippen molar-refractivity contribution in [3.05, 3.63) is 40.6 Å². The minimum Gasteiger partial charge on any atom is -0.488 e. The summed E-state index contributed by atoms with van der Waals surface area (Å²) in [5.41, 5.74) is 3.13. The van der Waals surface area contributed by atoms with Crippen molar-refractivity contribution in [2.24, 2.45) is 0 Å². The first kappa shape index (κ1) is 29.6. The zero-order chi connectivity index (χ0) is 27.1. The fraction of sp³-hybridized carbons (Fsp3) is 0.500. The van der Waals surface area contributed by atoms with Gasteiger partial charge in [0.2, 0.25) is 0 Å². The van der Waals surface area contributed by atoms with Crippen LogP contribution in [0, 0.1) is 6.92 Å². The van der Waals surface area contributed by atoms with Crippen LogP contribution in [-0.2, 0) is 16.1 Å². The number of carbonyl (C=O) groups is 2. The van der Waals surface area contributed by atoms with Gasteiger partial charge in [-0.15, -0.1) is 23.1 Å². The van der Waals surface area contributed by atoms with E-state index in [0.717, 1.165) is 24.5 Å². The van der Waals surface area contributed by atoms with Crippen molar-refractivity contribution >= 4 is 35.0 Å². The van der Waals surface area contributed by atoms with Gasteiger partial charge in [0, 0.05) is 47.6 Å². The molecule has 2 aromatic rings. The molecule has 2 aliphatic heterocycles. The number of thioether (sulfide) groups is 1. The van der Waals surface area contributed by atoms with Crippen molar-refractivity contribution in [1.29, 1.82) is 0 Å². The zero-order valence-electron chi connectivity index (χ0n) is 18.5. The van der Waals surface area contributed by atoms with Crippen LogP contribution in [0.3, 0.4) is 0 Å². The van der Waals surface area contributed by atoms with E-state index in [1.165, 1.54) is 23.7 Å². The van der Waals surface area contributed by atoms with E-state index in [1.807, 2.05) is 17.6 Å². The van der Waals surface area contributed by atoms with Crippen molar-refractivity contribution in [3.8, 4) is 5.75 Å². The highest BCUT2D eigenvalue weighted by Gasteiger charge is 2.49. The molecular weight excluding hydrogens is 540 g/mol. The van der Waals surface area contributed by atoms with Gasteiger partial charge in [-0.2, -0.15) is 26.3 Å². The van der Waals surface area contributed by atoms with E-state index in [0.29, 0.717) is 10.9 Å². The second-order valence-corrected chi connectivity index (χ2v) is 10.2. The Kier molecular flexibility index (Phi) is 9.96. The normalized spacial score (nSPS) is 18.8. The van der Waals surface area contributed by atoms with E-state index in [9.17, 15) is 26.3 Å². The first-order chi connectivity index (χ1) is 16.6. The van der Waals surface area contributed by atoms with Crippen LogP contribution in [0.5, 0.6) is 5.75 Å². The van der Waals surface area contributed by atoms with Gasteiger partial charge in [-0.25, -0.2) is 14.6 Å². The Balaban J connectivity index is 0.000000271. The van der Waals surface area contributed by atoms with Gasteiger partial charge in [-0.1, -0.05) is 0 Å². The van der Waals surface area contributed by atoms with Crippen molar-refractivity contribution in [2.45, 2.75) is 43.1 Å². The molecule has 1 spiro atoms. The standard InChI is InChI=1S/C16H19N3OS2.2C2HF3O2/c1-12-15(21-11-18-12)7-19-9-16(10-19)5-14(8-22-16)20-13-3-2-4-17-6-13;2*3-2(4,5)1(6)7/h2-4,6,11,14H,5,7-10H2,1H3;2*(H,6,7). The van der Waals surface area contributed by atoms with Crippen LogP contribution in [0.1, 0.15) is 17.0 Å². The molecule has 0 aromatic carbocycles. The lowest BCUT2D eigenvalue weighted by Crippen LogP contribution is -2.58. The summed E-state index contributed by atoms with van der Waals surface area (Å²) < 4.78 is 69.9. The number of nitrogens with zero attached hydrogens (tertiary/aromatic N) is 3. The molecule has 2 N–H and O–H groups in total. The third-order valence-corrected chi connectivity index (χ3v) is 7.33. The average molecular weight is 562 g/mol. The Bertz CT molecular complexity index is 989. The molecular formula is C20H21F6N3O5S2. The smallest absolute Gasteiger partial charge is 0.488 e. The van der Waals surface area contributed by atoms with Gasteiger partial charge in [0.05, 0.1) is 17.4 Å². The number of rotatable bonds is 4. The first-order valence-electron chi connectivity index (χ1n) is 10.0. The molecule has 0 bridgehead atoms. The third kappa shape index (κ3) is 9.13. The molecule has 1 atom stereocenters. The summed E-state index contributed by atoms with van der Waals surface area (Å²) in [7, 11) is 0. The second kappa shape index (κ2) is 12.1. The molecule has 0 aliphatic carbocycles. The maximum atomic E-state index is 10.6. The van der Waals surface area contributed by atoms with E-state index in [2.05, 4.69) is 33.6 Å². The molecule has 200 valence electrons. The zero-order valence-corrected chi connectivity index (χ0v) is 20.2. The number of carboxylic acid groups (broad SMARTS) is 2. The Morgan fingerprint density at radius 1 is 1.17 bits per heavy atom. The van der Waals surface area contributed by atoms with Crippen molar-refractivity contribution in [1.82, 2.24) is 14.9 Å². The lowest BCUT2D eigenvalue weighted by atomic mass is 9.93. The molecule has 2 aliphatic rings. The number of aromatic nitrogens is 2. The van der Waals surface area contributed by atoms with Gasteiger partial charge in [-0.05, 0) is 19.1 Å². The van der Waals surface area contributed by atoms with Gasteiger partial charge in [0.15, 0.2) is 0 Å². The monoisotopic (exact) mass is 561 g/mol. The number of halogens is 6. The van der Waals surface area contributed by atoms with Crippen LogP contribution in [0.15, 0.2) is 30.0 Å². The Labute approximate surface area is 209 Å². The number of thiazole rings is 1. The summed E-state index contributed by atoms with van der Waals surface area (Å²) in [5.74, 6) is -3.54. The number of hydrogen-bond donors (Lipinski definition) is 2. The molecule has 2 aromatic heterocycles. The minimum absolute atomic E-state index is 0.321. The lowest BCUT2D eigenvalue weighted by Gasteiger charge is -2.47. The molecule has 4 heterocycles. The molecule has 16 heteroatoms. The summed E-state index contributed by atoms with van der Waals surface area (Å²) >= 11 is 3.85. The Hall–Kier alpha value is -2.59. The van der Waals surface area contributed by atoms with Gasteiger partial charge in [-0.3, -0.25) is 9.88 Å². The van der Waals surface area contributed by atoms with Crippen LogP contribution in [0.4, 0.5) is 26.3 Å². The van der Waals surface area contributed by atoms with E-state index >= 15 is 0 Å². The molecule has 36 heavy (non-hydrogen) atoms. The van der Waals surface area contributed by atoms with Crippen LogP contribution >= 0.6 is 23.1 Å². The number of alkyl halides is 6. The SMILES string of the molecule is Cc1ncsc1CN1CC2(CC(Oc3cccnc3)CS2)C1.O=C(O)C(F)(F)F.O=C(O)C(F)(F)F. The Morgan fingerprint density at radius 3 is 2.19 bits per heavy atom. The Morgan fingerprint density at radius 2 is 1.75 bits per heavy atom. The predicted molar refractivity (Wildman–Crippen MR) is 118 cm³/mol. The fourth-order valence-corrected chi connectivity index (χ4v) is 5.66. The van der Waals surface area contributed by atoms with E-state index in [4.69, 9.17) is 24.5 Å². The van der Waals surface area contributed by atoms with E-state index in [-0.39, 0.29) is 0 Å². The summed E-state index contributed by atoms with van der Waals surface area (Å²) in [5, 5.41) is 14.2. The molecule has 8 nitrogen and oxygen atoms in total. The molecule has 2 saturated heterocycles. The molecule has 2 fully saturated rings. The van der Waals surface area contributed by atoms with Crippen LogP contribution in [0.2, 0.25) is 0 Å². The molecule has 0 amide bonds. The number of ether oxygens (including phenoxy) is 1. The maximum absolute atomic E-state index is 10.6. The van der Waals surface area contributed by atoms with E-state index in [1.54, 1.807) is 23.7 Å². The number of likely N-dealkylation sites (tertiary alicyclic amines) is 1. The summed E-state index contributed by atoms with van der Waals surface area (Å²) in [6.07, 6.45) is -5.12. The largest absolute Gasteiger partial charge is 0.490 e. The van der Waals surface area contributed by atoms with Crippen molar-refractivity contribution in [3.63, 3.8) is 0 Å². The molecule has 1 unspecified atom stereocenters. The van der Waals surface area contributed by atoms with Gasteiger partial charge >= 0.3 is 24.3 Å². The number of hydrogen-bond acceptors (Lipinski definition) is 8. The highest BCUT2D eigenvalue weighted by atomic mass is 32.2. The topological polar surface area (TPSA) is 113 Å². The number of pyridine rings is 1. The minimum atomic E-state index is -5.08. The third-order valence-electron chi connectivity index (χ3n) is 4.83. The fourth-order valence-electron chi connectivity index (χ4n) is 3.27. The van der Waals surface area contributed by atoms with Crippen molar-refractivity contribution in [2.75, 3.05) is 18.8 Å². The van der Waals surface area contributed by atoms with E-state index < -0.39 is 24.3 Å². The molecule has 0 saturated carbocycles. The number of aryl methyl sites for hydroxylation is 1. The van der Waals surface area contributed by atoms with Gasteiger partial charge in [0.25, 0.3) is 0 Å².